The number of aromatic hydroxyl groups is 6. The molecule has 6 aromatic carbocycles. The first-order valence-corrected chi connectivity index (χ1v) is 48.0. The van der Waals surface area contributed by atoms with Crippen LogP contribution in [0.15, 0.2) is 72.8 Å². The van der Waals surface area contributed by atoms with Gasteiger partial charge in [0.05, 0.1) is 43.7 Å². The number of rotatable bonds is 28. The van der Waals surface area contributed by atoms with Crippen molar-refractivity contribution < 1.29 is 110 Å². The zero-order valence-electron chi connectivity index (χ0n) is 88.3. The third-order valence-corrected chi connectivity index (χ3v) is 24.5. The Hall–Kier alpha value is -8.87. The summed E-state index contributed by atoms with van der Waals surface area (Å²) in [5.74, 6) is -2.92. The van der Waals surface area contributed by atoms with Crippen molar-refractivity contribution in [1.29, 1.82) is 0 Å². The standard InChI is InChI=1S/C38H58O6S.4C17H26O3.C5H12O4/c1-35(2,3)27-19-23(20-28(31(27)39)36(4,5)6)17-25(33(41)42)13-15-45-16-14-26(34(43)44)18-24-21-29(37(7,8)9)32(40)30(22-24)38(10,11)12;4*1-16(2,3)12-9-11(7-8-14(18)19)10-13(15(12)20)17(4,5)6;6-1-5(2-7,3-8)4-9/h19-22,25-26,39-40H,13-18H2,1-12H3,(H,41,42)(H,43,44);4*9-10,20H,7-8H2,1-6H3,(H,18,19);6-9H,1-4H2. The molecule has 0 radical (unpaired) electrons. The van der Waals surface area contributed by atoms with Crippen molar-refractivity contribution in [2.75, 3.05) is 37.9 Å². The van der Waals surface area contributed by atoms with Gasteiger partial charge >= 0.3 is 35.8 Å². The predicted octanol–water partition coefficient (Wildman–Crippen LogP) is 22.9. The van der Waals surface area contributed by atoms with Crippen LogP contribution in [0.25, 0.3) is 0 Å². The summed E-state index contributed by atoms with van der Waals surface area (Å²) in [6.07, 6.45) is 4.06. The Labute approximate surface area is 807 Å². The van der Waals surface area contributed by atoms with Crippen molar-refractivity contribution in [2.24, 2.45) is 17.3 Å². The minimum Gasteiger partial charge on any atom is -0.507 e. The van der Waals surface area contributed by atoms with Gasteiger partial charge in [0.25, 0.3) is 0 Å². The van der Waals surface area contributed by atoms with Gasteiger partial charge in [-0.25, -0.2) is 0 Å². The predicted molar refractivity (Wildman–Crippen MR) is 544 cm³/mol. The van der Waals surface area contributed by atoms with Crippen LogP contribution in [0.4, 0.5) is 0 Å². The minimum absolute atomic E-state index is 0.109. The molecule has 0 aliphatic carbocycles. The van der Waals surface area contributed by atoms with E-state index in [-0.39, 0.29) is 102 Å². The highest BCUT2D eigenvalue weighted by Gasteiger charge is 2.36. The lowest BCUT2D eigenvalue weighted by molar-refractivity contribution is -0.142. The number of thioether (sulfide) groups is 1. The summed E-state index contributed by atoms with van der Waals surface area (Å²) in [7, 11) is 0. The third kappa shape index (κ3) is 39.7. The lowest BCUT2D eigenvalue weighted by atomic mass is 9.77. The van der Waals surface area contributed by atoms with E-state index in [4.69, 9.17) is 40.9 Å². The first kappa shape index (κ1) is 123. The normalized spacial score (nSPS) is 13.1. The maximum atomic E-state index is 12.3. The molecular formula is C111H174O22S. The highest BCUT2D eigenvalue weighted by atomic mass is 32.2. The smallest absolute Gasteiger partial charge is 0.306 e. The number of carboxylic acid groups (broad SMARTS) is 6. The molecule has 0 fully saturated rings. The topological polar surface area (TPSA) is 426 Å². The van der Waals surface area contributed by atoms with Crippen molar-refractivity contribution in [3.05, 3.63) is 173 Å². The molecule has 2 atom stereocenters. The lowest BCUT2D eigenvalue weighted by Gasteiger charge is -2.28. The SMILES string of the molecule is CC(C)(C)c1cc(CC(CCSCCC(Cc2cc(C(C)(C)C)c(O)c(C(C)(C)C)c2)C(=O)O)C(=O)O)cc(C(C)(C)C)c1O.CC(C)(C)c1cc(CCC(=O)O)cc(C(C)(C)C)c1O.CC(C)(C)c1cc(CCC(=O)O)cc(C(C)(C)C)c1O.CC(C)(C)c1cc(CCC(=O)O)cc(C(C)(C)C)c1O.CC(C)(C)c1cc(CCC(=O)O)cc(C(C)(C)C)c1O.OCC(CO)(CO)CO. The molecule has 0 saturated heterocycles. The second kappa shape index (κ2) is 48.9. The van der Waals surface area contributed by atoms with E-state index in [9.17, 15) is 69.6 Å². The fourth-order valence-corrected chi connectivity index (χ4v) is 16.0. The van der Waals surface area contributed by atoms with Gasteiger partial charge in [-0.2, -0.15) is 11.8 Å². The Kier molecular flexibility index (Phi) is 45.0. The van der Waals surface area contributed by atoms with Crippen LogP contribution >= 0.6 is 11.8 Å². The van der Waals surface area contributed by atoms with Crippen molar-refractivity contribution in [1.82, 2.24) is 0 Å². The van der Waals surface area contributed by atoms with Crippen LogP contribution in [0, 0.1) is 17.3 Å². The molecule has 0 amide bonds. The minimum atomic E-state index is -1.11. The molecule has 6 rings (SSSR count). The van der Waals surface area contributed by atoms with E-state index < -0.39 is 79.5 Å². The summed E-state index contributed by atoms with van der Waals surface area (Å²) in [6.45, 7) is 72.1. The lowest BCUT2D eigenvalue weighted by Crippen LogP contribution is -2.37. The molecule has 2 unspecified atom stereocenters. The molecule has 0 aliphatic heterocycles. The highest BCUT2D eigenvalue weighted by Crippen LogP contribution is 2.48. The van der Waals surface area contributed by atoms with Crippen molar-refractivity contribution in [3.8, 4) is 34.5 Å². The number of aliphatic hydroxyl groups excluding tert-OH is 4. The Morgan fingerprint density at radius 1 is 0.231 bits per heavy atom. The van der Waals surface area contributed by atoms with E-state index >= 15 is 0 Å². The summed E-state index contributed by atoms with van der Waals surface area (Å²) in [6, 6.07) is 23.3. The number of aliphatic hydroxyl groups is 4. The summed E-state index contributed by atoms with van der Waals surface area (Å²) in [5, 5.41) is 154. The number of phenolic OH excluding ortho intramolecular Hbond substituents is 6. The fourth-order valence-electron chi connectivity index (χ4n) is 14.9. The molecule has 0 heterocycles. The molecule has 0 saturated carbocycles. The molecular weight excluding hydrogens is 1720 g/mol. The molecule has 22 nitrogen and oxygen atoms in total. The molecule has 6 aromatic rings. The number of aryl methyl sites for hydroxylation is 4. The van der Waals surface area contributed by atoms with Crippen LogP contribution < -0.4 is 0 Å². The Bertz CT molecular complexity index is 4160. The molecule has 0 aliphatic rings. The molecule has 134 heavy (non-hydrogen) atoms. The summed E-state index contributed by atoms with van der Waals surface area (Å²) >= 11 is 1.59. The number of carboxylic acids is 6. The molecule has 756 valence electrons. The number of phenols is 6. The van der Waals surface area contributed by atoms with Gasteiger partial charge < -0.3 is 81.7 Å². The van der Waals surface area contributed by atoms with Crippen LogP contribution in [-0.4, -0.2) is 155 Å². The van der Waals surface area contributed by atoms with E-state index in [1.165, 1.54) is 0 Å². The zero-order chi connectivity index (χ0) is 105. The van der Waals surface area contributed by atoms with Crippen molar-refractivity contribution in [2.45, 2.75) is 391 Å². The van der Waals surface area contributed by atoms with Gasteiger partial charge in [0.15, 0.2) is 0 Å². The Balaban J connectivity index is 0.000000859. The van der Waals surface area contributed by atoms with E-state index in [1.807, 2.05) is 156 Å². The number of hydrogen-bond donors (Lipinski definition) is 16. The van der Waals surface area contributed by atoms with Crippen LogP contribution in [-0.2, 0) is 132 Å². The van der Waals surface area contributed by atoms with Crippen LogP contribution in [0.5, 0.6) is 34.5 Å². The monoisotopic (exact) mass is 1890 g/mol. The fraction of sp³-hybridized carbons (Fsp3) is 0.622. The van der Waals surface area contributed by atoms with E-state index in [0.29, 0.717) is 85.9 Å². The molecule has 23 heteroatoms. The van der Waals surface area contributed by atoms with E-state index in [0.717, 1.165) is 100 Å². The Morgan fingerprint density at radius 2 is 0.358 bits per heavy atom. The largest absolute Gasteiger partial charge is 0.507 e. The van der Waals surface area contributed by atoms with Crippen LogP contribution in [0.1, 0.15) is 388 Å². The van der Waals surface area contributed by atoms with E-state index in [1.54, 1.807) is 11.8 Å². The van der Waals surface area contributed by atoms with Crippen LogP contribution in [0.3, 0.4) is 0 Å². The Morgan fingerprint density at radius 3 is 0.455 bits per heavy atom. The van der Waals surface area contributed by atoms with Gasteiger partial charge in [-0.15, -0.1) is 0 Å². The zero-order valence-corrected chi connectivity index (χ0v) is 89.1. The average molecular weight is 1890 g/mol. The van der Waals surface area contributed by atoms with Gasteiger partial charge in [0, 0.05) is 25.7 Å². The van der Waals surface area contributed by atoms with Crippen molar-refractivity contribution in [3.63, 3.8) is 0 Å². The van der Waals surface area contributed by atoms with Crippen LogP contribution in [0.2, 0.25) is 0 Å². The summed E-state index contributed by atoms with van der Waals surface area (Å²) in [4.78, 5) is 67.5. The summed E-state index contributed by atoms with van der Waals surface area (Å²) < 4.78 is 0. The maximum absolute atomic E-state index is 12.3. The number of benzene rings is 6. The summed E-state index contributed by atoms with van der Waals surface area (Å²) in [5.41, 5.74) is 12.3. The number of carbonyl (C=O) groups is 6. The number of aliphatic carboxylic acids is 6. The molecule has 0 aromatic heterocycles. The molecule has 16 N–H and O–H groups in total. The van der Waals surface area contributed by atoms with Gasteiger partial charge in [0.1, 0.15) is 34.5 Å². The molecule has 0 spiro atoms. The maximum Gasteiger partial charge on any atom is 0.306 e. The first-order valence-electron chi connectivity index (χ1n) is 46.8. The average Bonchev–Trinajstić information content (AvgIpc) is 0.822. The first-order chi connectivity index (χ1) is 60.3. The van der Waals surface area contributed by atoms with Gasteiger partial charge in [-0.1, -0.05) is 322 Å². The van der Waals surface area contributed by atoms with Gasteiger partial charge in [0.2, 0.25) is 0 Å². The van der Waals surface area contributed by atoms with E-state index in [2.05, 4.69) is 166 Å². The van der Waals surface area contributed by atoms with Gasteiger partial charge in [-0.05, 0) is 228 Å². The second-order valence-corrected chi connectivity index (χ2v) is 49.8. The van der Waals surface area contributed by atoms with Crippen molar-refractivity contribution >= 4 is 47.6 Å². The highest BCUT2D eigenvalue weighted by molar-refractivity contribution is 7.99. The third-order valence-electron chi connectivity index (χ3n) is 23.5. The second-order valence-electron chi connectivity index (χ2n) is 48.6. The quantitative estimate of drug-likeness (QED) is 0.0203. The molecule has 0 bridgehead atoms. The number of hydrogen-bond acceptors (Lipinski definition) is 17. The van der Waals surface area contributed by atoms with Gasteiger partial charge in [-0.3, -0.25) is 28.8 Å².